The van der Waals surface area contributed by atoms with Gasteiger partial charge in [0, 0.05) is 11.1 Å². The Balaban J connectivity index is 0.000000271. The Morgan fingerprint density at radius 3 is 1.67 bits per heavy atom. The van der Waals surface area contributed by atoms with Crippen LogP contribution in [0.4, 0.5) is 0 Å². The first kappa shape index (κ1) is 22.4. The van der Waals surface area contributed by atoms with Crippen LogP contribution in [-0.4, -0.2) is 21.4 Å². The minimum Gasteiger partial charge on any atom is -0.281 e. The molecule has 27 heavy (non-hydrogen) atoms. The molecule has 0 amide bonds. The van der Waals surface area contributed by atoms with E-state index in [0.29, 0.717) is 33.1 Å². The molecular formula is C17H16IN3O6. The third-order valence-corrected chi connectivity index (χ3v) is 5.41. The number of hydrogen-bond acceptors (Lipinski definition) is 7. The van der Waals surface area contributed by atoms with Gasteiger partial charge in [-0.3, -0.25) is 29.8 Å². The normalized spacial score (nSPS) is 17.6. The van der Waals surface area contributed by atoms with Crippen molar-refractivity contribution in [2.45, 2.75) is 40.5 Å². The highest BCUT2D eigenvalue weighted by Gasteiger charge is 2.33. The van der Waals surface area contributed by atoms with Crippen molar-refractivity contribution in [1.82, 2.24) is 0 Å². The van der Waals surface area contributed by atoms with E-state index in [4.69, 9.17) is 5.26 Å². The van der Waals surface area contributed by atoms with Crippen LogP contribution in [0.2, 0.25) is 0 Å². The maximum absolute atomic E-state index is 11.4. The van der Waals surface area contributed by atoms with Gasteiger partial charge in [-0.15, -0.1) is 0 Å². The number of carbonyl (C=O) groups excluding carboxylic acids is 2. The molecule has 0 fully saturated rings. The second-order valence-electron chi connectivity index (χ2n) is 6.15. The van der Waals surface area contributed by atoms with E-state index in [1.807, 2.05) is 29.5 Å². The first-order valence-electron chi connectivity index (χ1n) is 7.66. The molecule has 0 aliphatic heterocycles. The Morgan fingerprint density at radius 1 is 0.852 bits per heavy atom. The summed E-state index contributed by atoms with van der Waals surface area (Å²) in [4.78, 5) is 42.6. The zero-order valence-electron chi connectivity index (χ0n) is 15.1. The molecule has 142 valence electrons. The van der Waals surface area contributed by atoms with Crippen molar-refractivity contribution in [2.75, 3.05) is 0 Å². The minimum atomic E-state index is -0.765. The van der Waals surface area contributed by atoms with Crippen molar-refractivity contribution >= 4 is 34.2 Å². The summed E-state index contributed by atoms with van der Waals surface area (Å²) in [5.74, 6) is -1.22. The molecule has 2 aliphatic rings. The summed E-state index contributed by atoms with van der Waals surface area (Å²) < 4.78 is 0.481. The molecule has 0 aromatic rings. The Morgan fingerprint density at radius 2 is 1.26 bits per heavy atom. The van der Waals surface area contributed by atoms with Crippen LogP contribution in [-0.2, 0) is 9.59 Å². The molecule has 0 N–H and O–H groups in total. The van der Waals surface area contributed by atoms with Gasteiger partial charge in [0.2, 0.25) is 0 Å². The van der Waals surface area contributed by atoms with Crippen LogP contribution in [0.25, 0.3) is 0 Å². The van der Waals surface area contributed by atoms with E-state index < -0.39 is 27.1 Å². The lowest BCUT2D eigenvalue weighted by Crippen LogP contribution is -2.19. The molecule has 0 unspecified atom stereocenters. The Labute approximate surface area is 168 Å². The first-order valence-corrected chi connectivity index (χ1v) is 8.74. The number of nitrogens with zero attached hydrogens (tertiary/aromatic N) is 3. The van der Waals surface area contributed by atoms with E-state index >= 15 is 0 Å². The van der Waals surface area contributed by atoms with E-state index in [0.717, 1.165) is 5.57 Å². The molecule has 0 heterocycles. The number of rotatable bonds is 2. The van der Waals surface area contributed by atoms with Gasteiger partial charge in [-0.1, -0.05) is 5.57 Å². The van der Waals surface area contributed by atoms with E-state index in [1.54, 1.807) is 19.9 Å². The van der Waals surface area contributed by atoms with E-state index in [9.17, 15) is 29.8 Å². The molecule has 9 nitrogen and oxygen atoms in total. The van der Waals surface area contributed by atoms with Gasteiger partial charge in [0.1, 0.15) is 11.6 Å². The summed E-state index contributed by atoms with van der Waals surface area (Å²) in [5, 5.41) is 29.7. The number of ketones is 2. The Bertz CT molecular complexity index is 931. The minimum absolute atomic E-state index is 0.0951. The maximum Gasteiger partial charge on any atom is 0.316 e. The molecule has 0 atom stereocenters. The molecular weight excluding hydrogens is 469 g/mol. The number of nitriles is 1. The van der Waals surface area contributed by atoms with Crippen LogP contribution in [0.5, 0.6) is 0 Å². The third kappa shape index (κ3) is 4.73. The van der Waals surface area contributed by atoms with Gasteiger partial charge in [0.15, 0.2) is 0 Å². The van der Waals surface area contributed by atoms with Crippen LogP contribution in [0.3, 0.4) is 0 Å². The average molecular weight is 485 g/mol. The highest BCUT2D eigenvalue weighted by Crippen LogP contribution is 2.30. The van der Waals surface area contributed by atoms with Crippen molar-refractivity contribution in [2.24, 2.45) is 0 Å². The van der Waals surface area contributed by atoms with Crippen molar-refractivity contribution in [3.8, 4) is 6.07 Å². The lowest BCUT2D eigenvalue weighted by molar-refractivity contribution is -0.419. The van der Waals surface area contributed by atoms with E-state index in [-0.39, 0.29) is 11.3 Å². The second-order valence-corrected chi connectivity index (χ2v) is 7.22. The quantitative estimate of drug-likeness (QED) is 0.330. The van der Waals surface area contributed by atoms with E-state index in [1.165, 1.54) is 6.92 Å². The molecule has 0 aromatic carbocycles. The Hall–Kier alpha value is -2.68. The SMILES string of the molecule is CC1=C(C#N)C(=O)C([N+](=O)[O-])=C(C)C1.CC1=C(I)C(=O)C([N+](=O)[O-])=C(C)C1. The predicted molar refractivity (Wildman–Crippen MR) is 104 cm³/mol. The molecule has 0 radical (unpaired) electrons. The molecule has 0 saturated heterocycles. The number of allylic oxidation sites excluding steroid dienone is 6. The lowest BCUT2D eigenvalue weighted by Gasteiger charge is -2.11. The van der Waals surface area contributed by atoms with Gasteiger partial charge < -0.3 is 0 Å². The van der Waals surface area contributed by atoms with Gasteiger partial charge in [-0.2, -0.15) is 5.26 Å². The number of hydrogen-bond donors (Lipinski definition) is 0. The van der Waals surface area contributed by atoms with Crippen LogP contribution < -0.4 is 0 Å². The predicted octanol–water partition coefficient (Wildman–Crippen LogP) is 3.57. The molecule has 0 saturated carbocycles. The van der Waals surface area contributed by atoms with Gasteiger partial charge in [-0.25, -0.2) is 0 Å². The number of nitro groups is 2. The van der Waals surface area contributed by atoms with Crippen molar-refractivity contribution in [1.29, 1.82) is 5.26 Å². The average Bonchev–Trinajstić information content (AvgIpc) is 2.52. The summed E-state index contributed by atoms with van der Waals surface area (Å²) in [5.41, 5.74) is 1.67. The van der Waals surface area contributed by atoms with Crippen molar-refractivity contribution < 1.29 is 19.4 Å². The van der Waals surface area contributed by atoms with Gasteiger partial charge in [0.05, 0.1) is 13.4 Å². The fourth-order valence-corrected chi connectivity index (χ4v) is 3.20. The largest absolute Gasteiger partial charge is 0.316 e. The highest BCUT2D eigenvalue weighted by molar-refractivity contribution is 14.1. The zero-order chi connectivity index (χ0) is 21.0. The summed E-state index contributed by atoms with van der Waals surface area (Å²) in [6.07, 6.45) is 0.852. The van der Waals surface area contributed by atoms with Crippen molar-refractivity contribution in [3.05, 3.63) is 63.1 Å². The van der Waals surface area contributed by atoms with Crippen LogP contribution >= 0.6 is 22.6 Å². The molecule has 0 spiro atoms. The van der Waals surface area contributed by atoms with Gasteiger partial charge in [0.25, 0.3) is 11.6 Å². The fourth-order valence-electron chi connectivity index (χ4n) is 2.75. The van der Waals surface area contributed by atoms with Gasteiger partial charge in [-0.05, 0) is 68.7 Å². The molecule has 2 rings (SSSR count). The standard InChI is InChI=1S/C9H8N2O3.C8H8INO3/c1-5-3-6(2)8(11(13)14)9(12)7(5)4-10;1-4-3-5(2)7(10(12)13)8(11)6(4)9/h3H2,1-2H3;3H2,1-2H3. The summed E-state index contributed by atoms with van der Waals surface area (Å²) >= 11 is 1.86. The third-order valence-electron chi connectivity index (χ3n) is 4.00. The molecule has 10 heteroatoms. The lowest BCUT2D eigenvalue weighted by atomic mass is 9.91. The fraction of sp³-hybridized carbons (Fsp3) is 0.353. The molecule has 0 aromatic heterocycles. The number of carbonyl (C=O) groups is 2. The molecule has 2 aliphatic carbocycles. The van der Waals surface area contributed by atoms with Gasteiger partial charge >= 0.3 is 11.4 Å². The second kappa shape index (κ2) is 8.81. The van der Waals surface area contributed by atoms with Crippen LogP contribution in [0.15, 0.2) is 42.8 Å². The first-order chi connectivity index (χ1) is 12.4. The zero-order valence-corrected chi connectivity index (χ0v) is 17.2. The monoisotopic (exact) mass is 485 g/mol. The highest BCUT2D eigenvalue weighted by atomic mass is 127. The summed E-state index contributed by atoms with van der Waals surface area (Å²) in [6, 6.07) is 1.70. The number of halogens is 1. The molecule has 0 bridgehead atoms. The maximum atomic E-state index is 11.4. The number of Topliss-reactive ketones (excluding diaryl/α,β-unsaturated/α-hetero) is 2. The smallest absolute Gasteiger partial charge is 0.281 e. The van der Waals surface area contributed by atoms with Crippen molar-refractivity contribution in [3.63, 3.8) is 0 Å². The van der Waals surface area contributed by atoms with Crippen LogP contribution in [0.1, 0.15) is 40.5 Å². The van der Waals surface area contributed by atoms with Crippen LogP contribution in [0, 0.1) is 31.6 Å². The topological polar surface area (TPSA) is 144 Å². The Kier molecular flexibility index (Phi) is 7.29. The van der Waals surface area contributed by atoms with E-state index in [2.05, 4.69) is 0 Å². The summed E-state index contributed by atoms with van der Waals surface area (Å²) in [6.45, 7) is 6.62. The summed E-state index contributed by atoms with van der Waals surface area (Å²) in [7, 11) is 0.